The maximum atomic E-state index is 12.8. The molecule has 24 heavy (non-hydrogen) atoms. The lowest BCUT2D eigenvalue weighted by Gasteiger charge is -2.22. The topological polar surface area (TPSA) is 57.6 Å². The zero-order valence-electron chi connectivity index (χ0n) is 13.5. The molecule has 1 atom stereocenters. The number of hydrogen-bond acceptors (Lipinski definition) is 3. The van der Waals surface area contributed by atoms with Gasteiger partial charge < -0.3 is 10.0 Å². The minimum atomic E-state index is -1.82. The predicted molar refractivity (Wildman–Crippen MR) is 96.2 cm³/mol. The molecule has 0 aromatic heterocycles. The van der Waals surface area contributed by atoms with E-state index in [1.807, 2.05) is 32.0 Å². The molecule has 124 valence electrons. The number of rotatable bonds is 4. The first-order valence-electron chi connectivity index (χ1n) is 7.81. The average Bonchev–Trinajstić information content (AvgIpc) is 2.76. The van der Waals surface area contributed by atoms with Gasteiger partial charge in [0.2, 0.25) is 0 Å². The van der Waals surface area contributed by atoms with Gasteiger partial charge in [0.1, 0.15) is 0 Å². The molecule has 1 aliphatic heterocycles. The van der Waals surface area contributed by atoms with Crippen molar-refractivity contribution in [2.75, 3.05) is 11.4 Å². The normalized spacial score (nSPS) is 19.5. The van der Waals surface area contributed by atoms with E-state index in [0.717, 1.165) is 10.0 Å². The van der Waals surface area contributed by atoms with Crippen molar-refractivity contribution in [2.24, 2.45) is 0 Å². The van der Waals surface area contributed by atoms with E-state index >= 15 is 0 Å². The van der Waals surface area contributed by atoms with Gasteiger partial charge in [0, 0.05) is 22.1 Å². The Labute approximate surface area is 149 Å². The summed E-state index contributed by atoms with van der Waals surface area (Å²) >= 11 is 3.37. The van der Waals surface area contributed by atoms with E-state index in [1.165, 1.54) is 4.90 Å². The van der Waals surface area contributed by atoms with Crippen LogP contribution in [0.3, 0.4) is 0 Å². The van der Waals surface area contributed by atoms with Crippen molar-refractivity contribution >= 4 is 33.3 Å². The summed E-state index contributed by atoms with van der Waals surface area (Å²) in [6, 6.07) is 12.5. The highest BCUT2D eigenvalue weighted by molar-refractivity contribution is 9.10. The minimum Gasteiger partial charge on any atom is -0.375 e. The van der Waals surface area contributed by atoms with Crippen molar-refractivity contribution in [1.82, 2.24) is 0 Å². The van der Waals surface area contributed by atoms with Crippen LogP contribution in [-0.4, -0.2) is 23.3 Å². The van der Waals surface area contributed by atoms with Crippen LogP contribution < -0.4 is 4.90 Å². The second-order valence-electron chi connectivity index (χ2n) is 6.04. The van der Waals surface area contributed by atoms with Gasteiger partial charge in [-0.2, -0.15) is 0 Å². The van der Waals surface area contributed by atoms with Gasteiger partial charge in [-0.15, -0.1) is 0 Å². The van der Waals surface area contributed by atoms with Crippen LogP contribution >= 0.6 is 15.9 Å². The van der Waals surface area contributed by atoms with E-state index in [0.29, 0.717) is 23.4 Å². The van der Waals surface area contributed by atoms with Crippen molar-refractivity contribution in [3.8, 4) is 0 Å². The number of halogens is 1. The number of carbonyl (C=O) groups is 2. The highest BCUT2D eigenvalue weighted by atomic mass is 79.9. The molecule has 0 fully saturated rings. The molecule has 0 saturated heterocycles. The van der Waals surface area contributed by atoms with Crippen LogP contribution in [0.4, 0.5) is 5.69 Å². The fourth-order valence-corrected chi connectivity index (χ4v) is 3.44. The first-order valence-corrected chi connectivity index (χ1v) is 8.60. The van der Waals surface area contributed by atoms with E-state index < -0.39 is 11.5 Å². The number of likely N-dealkylation sites (N-methyl/N-ethyl adjacent to an activating group) is 1. The second kappa shape index (κ2) is 6.15. The van der Waals surface area contributed by atoms with Crippen molar-refractivity contribution < 1.29 is 14.7 Å². The zero-order chi connectivity index (χ0) is 17.5. The Hall–Kier alpha value is -1.98. The molecule has 5 heteroatoms. The largest absolute Gasteiger partial charge is 0.375 e. The monoisotopic (exact) mass is 387 g/mol. The van der Waals surface area contributed by atoms with Crippen LogP contribution in [0.1, 0.15) is 34.8 Å². The third-order valence-electron chi connectivity index (χ3n) is 4.40. The fourth-order valence-electron chi connectivity index (χ4n) is 3.08. The Kier molecular flexibility index (Phi) is 4.32. The van der Waals surface area contributed by atoms with Crippen LogP contribution in [0.15, 0.2) is 46.9 Å². The number of anilines is 1. The number of nitrogens with zero attached hydrogens (tertiary/aromatic N) is 1. The lowest BCUT2D eigenvalue weighted by Crippen LogP contribution is -2.41. The van der Waals surface area contributed by atoms with Crippen molar-refractivity contribution in [2.45, 2.75) is 25.9 Å². The highest BCUT2D eigenvalue weighted by Gasteiger charge is 2.50. The number of Topliss-reactive ketones (excluding diaryl/α,β-unsaturated/α-hetero) is 1. The number of benzene rings is 2. The van der Waals surface area contributed by atoms with E-state index in [2.05, 4.69) is 15.9 Å². The summed E-state index contributed by atoms with van der Waals surface area (Å²) < 4.78 is 0.758. The molecule has 3 rings (SSSR count). The molecule has 1 amide bonds. The molecule has 0 bridgehead atoms. The molecule has 4 nitrogen and oxygen atoms in total. The standard InChI is InChI=1S/C19H18BrNO3/c1-3-21-16-9-8-14(20)10-15(16)19(24,18(21)23)11-17(22)13-6-4-12(2)5-7-13/h4-10,24H,3,11H2,1-2H3. The molecule has 0 aliphatic carbocycles. The predicted octanol–water partition coefficient (Wildman–Crippen LogP) is 3.58. The van der Waals surface area contributed by atoms with Crippen molar-refractivity contribution in [3.63, 3.8) is 0 Å². The fraction of sp³-hybridized carbons (Fsp3) is 0.263. The number of hydrogen-bond donors (Lipinski definition) is 1. The average molecular weight is 388 g/mol. The molecular formula is C19H18BrNO3. The van der Waals surface area contributed by atoms with Crippen LogP contribution in [0.25, 0.3) is 0 Å². The Morgan fingerprint density at radius 1 is 1.21 bits per heavy atom. The van der Waals surface area contributed by atoms with Crippen LogP contribution in [0.2, 0.25) is 0 Å². The maximum absolute atomic E-state index is 12.8. The number of ketones is 1. The molecule has 1 N–H and O–H groups in total. The van der Waals surface area contributed by atoms with Gasteiger partial charge in [0.05, 0.1) is 12.1 Å². The molecule has 0 radical (unpaired) electrons. The smallest absolute Gasteiger partial charge is 0.264 e. The summed E-state index contributed by atoms with van der Waals surface area (Å²) in [5, 5.41) is 11.1. The quantitative estimate of drug-likeness (QED) is 0.815. The van der Waals surface area contributed by atoms with E-state index in [-0.39, 0.29) is 12.2 Å². The Balaban J connectivity index is 2.00. The summed E-state index contributed by atoms with van der Waals surface area (Å²) in [4.78, 5) is 26.9. The van der Waals surface area contributed by atoms with Gasteiger partial charge in [0.15, 0.2) is 11.4 Å². The summed E-state index contributed by atoms with van der Waals surface area (Å²) in [5.74, 6) is -0.701. The lowest BCUT2D eigenvalue weighted by atomic mass is 9.88. The maximum Gasteiger partial charge on any atom is 0.264 e. The number of carbonyl (C=O) groups excluding carboxylic acids is 2. The van der Waals surface area contributed by atoms with Gasteiger partial charge in [-0.1, -0.05) is 45.8 Å². The summed E-state index contributed by atoms with van der Waals surface area (Å²) in [6.07, 6.45) is -0.269. The summed E-state index contributed by atoms with van der Waals surface area (Å²) in [6.45, 7) is 4.22. The summed E-state index contributed by atoms with van der Waals surface area (Å²) in [7, 11) is 0. The highest BCUT2D eigenvalue weighted by Crippen LogP contribution is 2.43. The first-order chi connectivity index (χ1) is 11.4. The molecule has 1 heterocycles. The SMILES string of the molecule is CCN1C(=O)C(O)(CC(=O)c2ccc(C)cc2)c2cc(Br)ccc21. The third kappa shape index (κ3) is 2.68. The van der Waals surface area contributed by atoms with Crippen LogP contribution in [0.5, 0.6) is 0 Å². The number of aliphatic hydroxyl groups is 1. The minimum absolute atomic E-state index is 0.255. The number of fused-ring (bicyclic) bond motifs is 1. The van der Waals surface area contributed by atoms with Crippen LogP contribution in [0, 0.1) is 6.92 Å². The molecule has 0 saturated carbocycles. The van der Waals surface area contributed by atoms with E-state index in [9.17, 15) is 14.7 Å². The van der Waals surface area contributed by atoms with Gasteiger partial charge in [-0.25, -0.2) is 0 Å². The van der Waals surface area contributed by atoms with Gasteiger partial charge in [-0.05, 0) is 32.0 Å². The Bertz CT molecular complexity index is 816. The Morgan fingerprint density at radius 3 is 2.50 bits per heavy atom. The molecule has 2 aromatic carbocycles. The van der Waals surface area contributed by atoms with Gasteiger partial charge in [0.25, 0.3) is 5.91 Å². The molecule has 2 aromatic rings. The molecule has 0 spiro atoms. The lowest BCUT2D eigenvalue weighted by molar-refractivity contribution is -0.135. The van der Waals surface area contributed by atoms with E-state index in [1.54, 1.807) is 24.3 Å². The van der Waals surface area contributed by atoms with E-state index in [4.69, 9.17) is 0 Å². The van der Waals surface area contributed by atoms with Gasteiger partial charge in [-0.3, -0.25) is 9.59 Å². The van der Waals surface area contributed by atoms with Crippen LogP contribution in [-0.2, 0) is 10.4 Å². The molecular weight excluding hydrogens is 370 g/mol. The third-order valence-corrected chi connectivity index (χ3v) is 4.89. The van der Waals surface area contributed by atoms with Gasteiger partial charge >= 0.3 is 0 Å². The molecule has 1 unspecified atom stereocenters. The zero-order valence-corrected chi connectivity index (χ0v) is 15.1. The molecule has 1 aliphatic rings. The summed E-state index contributed by atoms with van der Waals surface area (Å²) in [5.41, 5.74) is 0.855. The van der Waals surface area contributed by atoms with Crippen molar-refractivity contribution in [3.05, 3.63) is 63.6 Å². The number of aryl methyl sites for hydroxylation is 1. The van der Waals surface area contributed by atoms with Crippen molar-refractivity contribution in [1.29, 1.82) is 0 Å². The number of amides is 1. The Morgan fingerprint density at radius 2 is 1.88 bits per heavy atom. The second-order valence-corrected chi connectivity index (χ2v) is 6.95. The first kappa shape index (κ1) is 16.9.